The number of aliphatic hydroxyl groups is 1. The Morgan fingerprint density at radius 2 is 1.50 bits per heavy atom. The van der Waals surface area contributed by atoms with Crippen molar-refractivity contribution in [2.75, 3.05) is 0 Å². The summed E-state index contributed by atoms with van der Waals surface area (Å²) < 4.78 is 0. The summed E-state index contributed by atoms with van der Waals surface area (Å²) in [6.45, 7) is 2.08. The molecule has 1 aliphatic heterocycles. The molecule has 1 rings (SSSR count). The highest BCUT2D eigenvalue weighted by Gasteiger charge is 2.24. The van der Waals surface area contributed by atoms with E-state index in [1.165, 1.54) is 51.4 Å². The van der Waals surface area contributed by atoms with Crippen molar-refractivity contribution in [1.82, 2.24) is 5.32 Å². The van der Waals surface area contributed by atoms with Gasteiger partial charge in [-0.1, -0.05) is 51.4 Å². The lowest BCUT2D eigenvalue weighted by atomic mass is 9.93. The number of hydrogen-bond donors (Lipinski definition) is 3. The predicted octanol–water partition coefficient (Wildman–Crippen LogP) is 3.86. The topological polar surface area (TPSA) is 69.6 Å². The maximum atomic E-state index is 10.4. The number of hydrogen-bond acceptors (Lipinski definition) is 3. The van der Waals surface area contributed by atoms with E-state index in [9.17, 15) is 9.90 Å². The summed E-state index contributed by atoms with van der Waals surface area (Å²) in [7, 11) is 0. The zero-order chi connectivity index (χ0) is 16.2. The van der Waals surface area contributed by atoms with Gasteiger partial charge in [-0.05, 0) is 32.6 Å². The number of aliphatic hydroxyl groups excluding tert-OH is 1. The molecule has 3 atom stereocenters. The molecule has 0 spiro atoms. The molecule has 0 aliphatic carbocycles. The Morgan fingerprint density at radius 1 is 0.955 bits per heavy atom. The molecule has 0 radical (unpaired) electrons. The van der Waals surface area contributed by atoms with Crippen molar-refractivity contribution >= 4 is 5.97 Å². The van der Waals surface area contributed by atoms with E-state index in [4.69, 9.17) is 5.11 Å². The van der Waals surface area contributed by atoms with Crippen LogP contribution in [0.2, 0.25) is 0 Å². The predicted molar refractivity (Wildman–Crippen MR) is 90.0 cm³/mol. The molecule has 0 amide bonds. The van der Waals surface area contributed by atoms with Gasteiger partial charge in [0.05, 0.1) is 6.10 Å². The number of carbonyl (C=O) groups is 1. The molecule has 0 unspecified atom stereocenters. The lowest BCUT2D eigenvalue weighted by molar-refractivity contribution is -0.137. The third-order valence-corrected chi connectivity index (χ3v) is 4.83. The van der Waals surface area contributed by atoms with Crippen molar-refractivity contribution in [2.45, 2.75) is 109 Å². The van der Waals surface area contributed by atoms with Crippen LogP contribution in [-0.2, 0) is 4.79 Å². The molecule has 1 aliphatic rings. The molecule has 4 nitrogen and oxygen atoms in total. The van der Waals surface area contributed by atoms with E-state index in [1.54, 1.807) is 0 Å². The summed E-state index contributed by atoms with van der Waals surface area (Å²) in [4.78, 5) is 10.4. The van der Waals surface area contributed by atoms with Crippen LogP contribution in [0.25, 0.3) is 0 Å². The zero-order valence-electron chi connectivity index (χ0n) is 14.2. The van der Waals surface area contributed by atoms with Gasteiger partial charge in [0, 0.05) is 18.5 Å². The van der Waals surface area contributed by atoms with Gasteiger partial charge >= 0.3 is 5.97 Å². The number of nitrogens with one attached hydrogen (secondary N) is 1. The quantitative estimate of drug-likeness (QED) is 0.478. The molecule has 0 aromatic rings. The Bertz CT molecular complexity index is 296. The number of carboxylic acid groups (broad SMARTS) is 1. The van der Waals surface area contributed by atoms with E-state index in [-0.39, 0.29) is 12.1 Å². The van der Waals surface area contributed by atoms with Gasteiger partial charge in [-0.25, -0.2) is 0 Å². The fourth-order valence-corrected chi connectivity index (χ4v) is 3.32. The molecule has 1 fully saturated rings. The van der Waals surface area contributed by atoms with Gasteiger partial charge in [-0.15, -0.1) is 0 Å². The minimum absolute atomic E-state index is 0.160. The lowest BCUT2D eigenvalue weighted by Crippen LogP contribution is -2.48. The van der Waals surface area contributed by atoms with Crippen LogP contribution in [0, 0.1) is 0 Å². The van der Waals surface area contributed by atoms with Gasteiger partial charge in [-0.2, -0.15) is 0 Å². The largest absolute Gasteiger partial charge is 0.481 e. The van der Waals surface area contributed by atoms with Gasteiger partial charge in [0.15, 0.2) is 0 Å². The summed E-state index contributed by atoms with van der Waals surface area (Å²) in [5.41, 5.74) is 0. The van der Waals surface area contributed by atoms with Crippen LogP contribution in [-0.4, -0.2) is 34.4 Å². The van der Waals surface area contributed by atoms with Gasteiger partial charge in [0.25, 0.3) is 0 Å². The summed E-state index contributed by atoms with van der Waals surface area (Å²) in [5, 5.41) is 21.7. The van der Waals surface area contributed by atoms with E-state index < -0.39 is 5.97 Å². The normalized spacial score (nSPS) is 25.3. The fourth-order valence-electron chi connectivity index (χ4n) is 3.32. The molecule has 0 aromatic heterocycles. The Morgan fingerprint density at radius 3 is 2.05 bits per heavy atom. The lowest BCUT2D eigenvalue weighted by Gasteiger charge is -2.32. The Kier molecular flexibility index (Phi) is 10.5. The Labute approximate surface area is 135 Å². The first-order valence-corrected chi connectivity index (χ1v) is 9.25. The van der Waals surface area contributed by atoms with Gasteiger partial charge in [0.1, 0.15) is 0 Å². The smallest absolute Gasteiger partial charge is 0.303 e. The number of aliphatic carboxylic acids is 1. The first-order chi connectivity index (χ1) is 10.6. The molecule has 3 N–H and O–H groups in total. The Hall–Kier alpha value is -0.610. The third kappa shape index (κ3) is 9.42. The standard InChI is InChI=1S/C18H35NO3/c1-15-17(20)14-13-16(19-15)11-9-7-5-3-2-4-6-8-10-12-18(21)22/h15-17,19-20H,2-14H2,1H3,(H,21,22)/t15-,16+,17+/m0/s1. The van der Waals surface area contributed by atoms with Crippen LogP contribution in [0.15, 0.2) is 0 Å². The first kappa shape index (κ1) is 19.4. The molecule has 4 heteroatoms. The van der Waals surface area contributed by atoms with Crippen molar-refractivity contribution in [2.24, 2.45) is 0 Å². The summed E-state index contributed by atoms with van der Waals surface area (Å²) >= 11 is 0. The van der Waals surface area contributed by atoms with E-state index >= 15 is 0 Å². The van der Waals surface area contributed by atoms with E-state index in [0.29, 0.717) is 12.5 Å². The monoisotopic (exact) mass is 313 g/mol. The molecule has 130 valence electrons. The van der Waals surface area contributed by atoms with Crippen molar-refractivity contribution in [3.8, 4) is 0 Å². The van der Waals surface area contributed by atoms with Crippen LogP contribution >= 0.6 is 0 Å². The highest BCUT2D eigenvalue weighted by Crippen LogP contribution is 2.18. The van der Waals surface area contributed by atoms with Crippen molar-refractivity contribution in [1.29, 1.82) is 0 Å². The minimum atomic E-state index is -0.670. The third-order valence-electron chi connectivity index (χ3n) is 4.83. The number of unbranched alkanes of at least 4 members (excludes halogenated alkanes) is 8. The van der Waals surface area contributed by atoms with Gasteiger partial charge in [0.2, 0.25) is 0 Å². The van der Waals surface area contributed by atoms with Crippen LogP contribution in [0.5, 0.6) is 0 Å². The average Bonchev–Trinajstić information content (AvgIpc) is 2.48. The molecule has 1 heterocycles. The summed E-state index contributed by atoms with van der Waals surface area (Å²) in [6.07, 6.45) is 14.3. The van der Waals surface area contributed by atoms with E-state index in [0.717, 1.165) is 25.7 Å². The first-order valence-electron chi connectivity index (χ1n) is 9.25. The van der Waals surface area contributed by atoms with Crippen LogP contribution in [0.4, 0.5) is 0 Å². The van der Waals surface area contributed by atoms with Crippen LogP contribution in [0.1, 0.15) is 90.4 Å². The maximum Gasteiger partial charge on any atom is 0.303 e. The average molecular weight is 313 g/mol. The van der Waals surface area contributed by atoms with Gasteiger partial charge < -0.3 is 15.5 Å². The molecule has 0 bridgehead atoms. The molecular formula is C18H35NO3. The summed E-state index contributed by atoms with van der Waals surface area (Å²) in [5.74, 6) is -0.670. The second kappa shape index (κ2) is 11.9. The second-order valence-corrected chi connectivity index (χ2v) is 6.91. The SMILES string of the molecule is C[C@@H]1N[C@H](CCCCCCCCCCCC(=O)O)CC[C@H]1O. The zero-order valence-corrected chi connectivity index (χ0v) is 14.2. The second-order valence-electron chi connectivity index (χ2n) is 6.91. The number of carboxylic acids is 1. The van der Waals surface area contributed by atoms with Crippen LogP contribution in [0.3, 0.4) is 0 Å². The van der Waals surface area contributed by atoms with Gasteiger partial charge in [-0.3, -0.25) is 4.79 Å². The van der Waals surface area contributed by atoms with E-state index in [2.05, 4.69) is 12.2 Å². The number of rotatable bonds is 12. The Balaban J connectivity index is 1.81. The van der Waals surface area contributed by atoms with Crippen molar-refractivity contribution in [3.63, 3.8) is 0 Å². The molecular weight excluding hydrogens is 278 g/mol. The molecule has 0 saturated carbocycles. The maximum absolute atomic E-state index is 10.4. The molecule has 1 saturated heterocycles. The number of piperidine rings is 1. The fraction of sp³-hybridized carbons (Fsp3) is 0.944. The highest BCUT2D eigenvalue weighted by molar-refractivity contribution is 5.66. The van der Waals surface area contributed by atoms with Crippen molar-refractivity contribution < 1.29 is 15.0 Å². The molecule has 22 heavy (non-hydrogen) atoms. The van der Waals surface area contributed by atoms with Crippen molar-refractivity contribution in [3.05, 3.63) is 0 Å². The van der Waals surface area contributed by atoms with E-state index in [1.807, 2.05) is 0 Å². The summed E-state index contributed by atoms with van der Waals surface area (Å²) in [6, 6.07) is 0.854. The van der Waals surface area contributed by atoms with Crippen LogP contribution < -0.4 is 5.32 Å². The highest BCUT2D eigenvalue weighted by atomic mass is 16.4. The minimum Gasteiger partial charge on any atom is -0.481 e. The molecule has 0 aromatic carbocycles.